The van der Waals surface area contributed by atoms with Crippen LogP contribution in [0.1, 0.15) is 50.8 Å². The van der Waals surface area contributed by atoms with Crippen LogP contribution in [0.2, 0.25) is 0 Å². The summed E-state index contributed by atoms with van der Waals surface area (Å²) in [7, 11) is 0. The second kappa shape index (κ2) is 6.27. The average molecular weight is 364 g/mol. The highest BCUT2D eigenvalue weighted by Crippen LogP contribution is 2.41. The molecule has 1 heterocycles. The summed E-state index contributed by atoms with van der Waals surface area (Å²) in [5.41, 5.74) is 2.81. The molecule has 1 fully saturated rings. The molecular formula is C20H23F3N2O. The van der Waals surface area contributed by atoms with Gasteiger partial charge in [-0.1, -0.05) is 44.2 Å². The van der Waals surface area contributed by atoms with Crippen LogP contribution in [0.25, 0.3) is 10.8 Å². The molecule has 1 N–H and O–H groups in total. The van der Waals surface area contributed by atoms with E-state index in [2.05, 4.69) is 19.3 Å². The van der Waals surface area contributed by atoms with Crippen molar-refractivity contribution in [1.29, 1.82) is 0 Å². The maximum atomic E-state index is 13.8. The molecule has 0 aromatic heterocycles. The summed E-state index contributed by atoms with van der Waals surface area (Å²) in [4.78, 5) is 12.0. The number of hydrogen-bond donors (Lipinski definition) is 1. The molecule has 0 radical (unpaired) electrons. The summed E-state index contributed by atoms with van der Waals surface area (Å²) < 4.78 is 41.4. The fourth-order valence-electron chi connectivity index (χ4n) is 3.33. The van der Waals surface area contributed by atoms with Gasteiger partial charge >= 0.3 is 6.18 Å². The Morgan fingerprint density at radius 1 is 1.04 bits per heavy atom. The summed E-state index contributed by atoms with van der Waals surface area (Å²) in [5, 5.41) is 2.67. The first-order chi connectivity index (χ1) is 12.0. The van der Waals surface area contributed by atoms with Crippen LogP contribution in [0.3, 0.4) is 0 Å². The van der Waals surface area contributed by atoms with Crippen molar-refractivity contribution in [2.24, 2.45) is 5.41 Å². The van der Waals surface area contributed by atoms with Crippen molar-refractivity contribution in [3.8, 4) is 0 Å². The number of amides is 1. The molecule has 6 heteroatoms. The van der Waals surface area contributed by atoms with E-state index in [9.17, 15) is 18.0 Å². The van der Waals surface area contributed by atoms with Gasteiger partial charge in [0.1, 0.15) is 6.04 Å². The topological polar surface area (TPSA) is 32.3 Å². The lowest BCUT2D eigenvalue weighted by atomic mass is 9.93. The van der Waals surface area contributed by atoms with E-state index in [0.29, 0.717) is 5.92 Å². The monoisotopic (exact) mass is 364 g/mol. The second-order valence-electron chi connectivity index (χ2n) is 7.92. The third-order valence-electron chi connectivity index (χ3n) is 4.92. The predicted molar refractivity (Wildman–Crippen MR) is 95.5 cm³/mol. The fraction of sp³-hybridized carbons (Fsp3) is 0.450. The summed E-state index contributed by atoms with van der Waals surface area (Å²) in [5.74, 6) is -0.0434. The zero-order valence-electron chi connectivity index (χ0n) is 15.3. The first-order valence-corrected chi connectivity index (χ1v) is 8.67. The van der Waals surface area contributed by atoms with Gasteiger partial charge < -0.3 is 0 Å². The van der Waals surface area contributed by atoms with Crippen molar-refractivity contribution in [3.05, 3.63) is 47.5 Å². The van der Waals surface area contributed by atoms with Crippen molar-refractivity contribution in [2.45, 2.75) is 45.8 Å². The average Bonchev–Trinajstić information content (AvgIpc) is 2.78. The van der Waals surface area contributed by atoms with Crippen LogP contribution >= 0.6 is 0 Å². The SMILES string of the molecule is CC(C)c1ccc2cc(C(N3CC(C)(C)C(=O)N3)C(F)(F)F)ccc2c1. The molecule has 3 nitrogen and oxygen atoms in total. The van der Waals surface area contributed by atoms with Crippen molar-refractivity contribution in [2.75, 3.05) is 6.54 Å². The highest BCUT2D eigenvalue weighted by Gasteiger charge is 2.51. The van der Waals surface area contributed by atoms with Gasteiger partial charge in [-0.2, -0.15) is 13.2 Å². The van der Waals surface area contributed by atoms with Gasteiger partial charge in [-0.3, -0.25) is 10.2 Å². The molecule has 1 aliphatic rings. The zero-order chi connectivity index (χ0) is 19.3. The van der Waals surface area contributed by atoms with Gasteiger partial charge in [-0.25, -0.2) is 5.01 Å². The molecule has 0 bridgehead atoms. The molecule has 0 saturated carbocycles. The zero-order valence-corrected chi connectivity index (χ0v) is 15.3. The van der Waals surface area contributed by atoms with Crippen LogP contribution in [-0.2, 0) is 4.79 Å². The summed E-state index contributed by atoms with van der Waals surface area (Å²) in [6, 6.07) is 8.72. The molecule has 2 aromatic rings. The van der Waals surface area contributed by atoms with E-state index in [4.69, 9.17) is 0 Å². The lowest BCUT2D eigenvalue weighted by Gasteiger charge is -2.30. The molecule has 26 heavy (non-hydrogen) atoms. The van der Waals surface area contributed by atoms with Gasteiger partial charge in [0.2, 0.25) is 5.91 Å². The number of nitrogens with zero attached hydrogens (tertiary/aromatic N) is 1. The first-order valence-electron chi connectivity index (χ1n) is 8.67. The fourth-order valence-corrected chi connectivity index (χ4v) is 3.33. The highest BCUT2D eigenvalue weighted by molar-refractivity contribution is 5.85. The number of alkyl halides is 3. The molecule has 1 aliphatic heterocycles. The van der Waals surface area contributed by atoms with E-state index < -0.39 is 23.5 Å². The van der Waals surface area contributed by atoms with Gasteiger partial charge in [0, 0.05) is 6.54 Å². The van der Waals surface area contributed by atoms with Gasteiger partial charge in [0.25, 0.3) is 0 Å². The lowest BCUT2D eigenvalue weighted by Crippen LogP contribution is -2.43. The Balaban J connectivity index is 2.02. The van der Waals surface area contributed by atoms with E-state index in [1.807, 2.05) is 18.2 Å². The van der Waals surface area contributed by atoms with Crippen LogP contribution in [0.4, 0.5) is 13.2 Å². The number of halogens is 3. The number of hydrazine groups is 1. The second-order valence-corrected chi connectivity index (χ2v) is 7.92. The third-order valence-corrected chi connectivity index (χ3v) is 4.92. The molecule has 2 aromatic carbocycles. The maximum Gasteiger partial charge on any atom is 0.409 e. The smallest absolute Gasteiger partial charge is 0.287 e. The first kappa shape index (κ1) is 18.7. The number of hydrogen-bond acceptors (Lipinski definition) is 2. The van der Waals surface area contributed by atoms with Gasteiger partial charge in [-0.15, -0.1) is 0 Å². The Morgan fingerprint density at radius 2 is 1.58 bits per heavy atom. The van der Waals surface area contributed by atoms with E-state index >= 15 is 0 Å². The van der Waals surface area contributed by atoms with Crippen molar-refractivity contribution >= 4 is 16.7 Å². The molecule has 0 spiro atoms. The predicted octanol–water partition coefficient (Wildman–Crippen LogP) is 4.94. The van der Waals surface area contributed by atoms with Crippen LogP contribution in [0.15, 0.2) is 36.4 Å². The van der Waals surface area contributed by atoms with Gasteiger partial charge in [0.05, 0.1) is 5.41 Å². The normalized spacial score (nSPS) is 19.2. The number of nitrogens with one attached hydrogen (secondary N) is 1. The van der Waals surface area contributed by atoms with Gasteiger partial charge in [-0.05, 0) is 47.7 Å². The molecule has 1 atom stereocenters. The minimum atomic E-state index is -4.50. The van der Waals surface area contributed by atoms with Crippen molar-refractivity contribution in [3.63, 3.8) is 0 Å². The quantitative estimate of drug-likeness (QED) is 0.837. The summed E-state index contributed by atoms with van der Waals surface area (Å²) in [6.45, 7) is 7.44. The number of carbonyl (C=O) groups is 1. The van der Waals surface area contributed by atoms with E-state index in [1.54, 1.807) is 26.0 Å². The van der Waals surface area contributed by atoms with Crippen molar-refractivity contribution in [1.82, 2.24) is 10.4 Å². The molecule has 1 amide bonds. The molecule has 1 saturated heterocycles. The maximum absolute atomic E-state index is 13.8. The Hall–Kier alpha value is -2.08. The Morgan fingerprint density at radius 3 is 2.04 bits per heavy atom. The van der Waals surface area contributed by atoms with E-state index in [0.717, 1.165) is 21.3 Å². The lowest BCUT2D eigenvalue weighted by molar-refractivity contribution is -0.191. The Kier molecular flexibility index (Phi) is 4.51. The number of benzene rings is 2. The van der Waals surface area contributed by atoms with Crippen LogP contribution < -0.4 is 5.43 Å². The molecule has 140 valence electrons. The number of rotatable bonds is 3. The summed E-state index contributed by atoms with van der Waals surface area (Å²) >= 11 is 0. The number of carbonyl (C=O) groups excluding carboxylic acids is 1. The molecule has 0 aliphatic carbocycles. The molecule has 3 rings (SSSR count). The summed E-state index contributed by atoms with van der Waals surface area (Å²) in [6.07, 6.45) is -4.50. The van der Waals surface area contributed by atoms with Crippen LogP contribution in [0.5, 0.6) is 0 Å². The Bertz CT molecular complexity index is 843. The van der Waals surface area contributed by atoms with Crippen molar-refractivity contribution < 1.29 is 18.0 Å². The minimum absolute atomic E-state index is 0.000332. The molecule has 1 unspecified atom stereocenters. The largest absolute Gasteiger partial charge is 0.409 e. The van der Waals surface area contributed by atoms with E-state index in [1.165, 1.54) is 6.07 Å². The third kappa shape index (κ3) is 3.43. The standard InChI is InChI=1S/C20H23F3N2O/c1-12(2)13-5-6-15-10-16(8-7-14(15)9-13)17(20(21,22)23)25-11-19(3,4)18(26)24-25/h5-10,12,17H,11H2,1-4H3,(H,24,26). The minimum Gasteiger partial charge on any atom is -0.287 e. The van der Waals surface area contributed by atoms with Crippen LogP contribution in [-0.4, -0.2) is 23.6 Å². The Labute approximate surface area is 151 Å². The van der Waals surface area contributed by atoms with Gasteiger partial charge in [0.15, 0.2) is 0 Å². The highest BCUT2D eigenvalue weighted by atomic mass is 19.4. The number of fused-ring (bicyclic) bond motifs is 1. The molecular weight excluding hydrogens is 341 g/mol. The van der Waals surface area contributed by atoms with E-state index in [-0.39, 0.29) is 12.1 Å². The van der Waals surface area contributed by atoms with Crippen LogP contribution in [0, 0.1) is 5.41 Å².